The fraction of sp³-hybridized carbons (Fsp3) is 0.333. The fourth-order valence-electron chi connectivity index (χ4n) is 2.25. The van der Waals surface area contributed by atoms with Crippen molar-refractivity contribution >= 4 is 18.0 Å². The molecule has 0 aliphatic carbocycles. The van der Waals surface area contributed by atoms with E-state index in [9.17, 15) is 9.59 Å². The second kappa shape index (κ2) is 6.57. The van der Waals surface area contributed by atoms with Gasteiger partial charge in [0, 0.05) is 11.8 Å². The number of hydrogen-bond acceptors (Lipinski definition) is 7. The molecule has 3 heterocycles. The van der Waals surface area contributed by atoms with E-state index < -0.39 is 5.92 Å². The van der Waals surface area contributed by atoms with E-state index in [0.29, 0.717) is 11.5 Å². The molecule has 1 aliphatic rings. The molecule has 1 unspecified atom stereocenters. The van der Waals surface area contributed by atoms with E-state index in [2.05, 4.69) is 25.6 Å². The predicted molar refractivity (Wildman–Crippen MR) is 81.2 cm³/mol. The maximum absolute atomic E-state index is 12.0. The van der Waals surface area contributed by atoms with Gasteiger partial charge in [-0.3, -0.25) is 9.59 Å². The number of aliphatic imine (C=N–C) groups is 1. The van der Waals surface area contributed by atoms with Gasteiger partial charge in [0.05, 0.1) is 18.7 Å². The van der Waals surface area contributed by atoms with Crippen LogP contribution in [-0.4, -0.2) is 33.3 Å². The number of hydrogen-bond donors (Lipinski definition) is 1. The highest BCUT2D eigenvalue weighted by molar-refractivity contribution is 5.96. The third-order valence-electron chi connectivity index (χ3n) is 3.57. The number of nitrogens with zero attached hydrogens (tertiary/aromatic N) is 4. The van der Waals surface area contributed by atoms with Gasteiger partial charge < -0.3 is 14.4 Å². The molecule has 0 bridgehead atoms. The van der Waals surface area contributed by atoms with Gasteiger partial charge in [-0.1, -0.05) is 16.4 Å². The van der Waals surface area contributed by atoms with E-state index in [4.69, 9.17) is 9.05 Å². The monoisotopic (exact) mass is 329 g/mol. The van der Waals surface area contributed by atoms with E-state index in [0.717, 1.165) is 5.56 Å². The number of aromatic nitrogens is 3. The summed E-state index contributed by atoms with van der Waals surface area (Å²) in [5, 5.41) is 10.2. The summed E-state index contributed by atoms with van der Waals surface area (Å²) in [6, 6.07) is 0. The van der Waals surface area contributed by atoms with Crippen LogP contribution in [0.4, 0.5) is 0 Å². The van der Waals surface area contributed by atoms with Crippen molar-refractivity contribution in [1.82, 2.24) is 20.6 Å². The molecule has 0 spiro atoms. The van der Waals surface area contributed by atoms with Crippen molar-refractivity contribution in [1.29, 1.82) is 0 Å². The number of carbonyl (C=O) groups excluding carboxylic acids is 2. The summed E-state index contributed by atoms with van der Waals surface area (Å²) in [6.07, 6.45) is 4.85. The Balaban J connectivity index is 1.57. The zero-order valence-electron chi connectivity index (χ0n) is 13.1. The number of rotatable bonds is 5. The Morgan fingerprint density at radius 1 is 1.29 bits per heavy atom. The molecule has 2 aromatic rings. The van der Waals surface area contributed by atoms with E-state index in [-0.39, 0.29) is 36.5 Å². The Kier molecular flexibility index (Phi) is 4.32. The van der Waals surface area contributed by atoms with Crippen molar-refractivity contribution in [2.45, 2.75) is 32.7 Å². The van der Waals surface area contributed by atoms with E-state index in [1.807, 2.05) is 0 Å². The number of amides is 2. The summed E-state index contributed by atoms with van der Waals surface area (Å²) in [5.41, 5.74) is 1.44. The predicted octanol–water partition coefficient (Wildman–Crippen LogP) is 0.784. The molecule has 9 nitrogen and oxygen atoms in total. The molecular formula is C15H15N5O4. The molecule has 24 heavy (non-hydrogen) atoms. The SMILES string of the molecule is Cc1noc(C)c1CC(=O)NCc1nc(C2C=CC=NC2=O)no1. The van der Waals surface area contributed by atoms with Crippen LogP contribution in [-0.2, 0) is 22.6 Å². The van der Waals surface area contributed by atoms with Crippen LogP contribution in [0.5, 0.6) is 0 Å². The summed E-state index contributed by atoms with van der Waals surface area (Å²) < 4.78 is 10.1. The lowest BCUT2D eigenvalue weighted by atomic mass is 10.1. The van der Waals surface area contributed by atoms with Crippen LogP contribution in [0.3, 0.4) is 0 Å². The molecule has 0 fully saturated rings. The minimum absolute atomic E-state index is 0.0725. The molecule has 1 aliphatic heterocycles. The molecule has 9 heteroatoms. The molecule has 0 radical (unpaired) electrons. The molecule has 0 saturated heterocycles. The Morgan fingerprint density at radius 2 is 2.12 bits per heavy atom. The second-order valence-electron chi connectivity index (χ2n) is 5.28. The first-order valence-electron chi connectivity index (χ1n) is 7.30. The molecule has 124 valence electrons. The van der Waals surface area contributed by atoms with E-state index >= 15 is 0 Å². The van der Waals surface area contributed by atoms with Crippen LogP contribution >= 0.6 is 0 Å². The zero-order chi connectivity index (χ0) is 17.1. The maximum atomic E-state index is 12.0. The van der Waals surface area contributed by atoms with Crippen molar-refractivity contribution in [3.8, 4) is 0 Å². The number of aryl methyl sites for hydroxylation is 2. The van der Waals surface area contributed by atoms with Crippen LogP contribution in [0.2, 0.25) is 0 Å². The van der Waals surface area contributed by atoms with Crippen molar-refractivity contribution in [2.24, 2.45) is 4.99 Å². The fourth-order valence-corrected chi connectivity index (χ4v) is 2.25. The third kappa shape index (κ3) is 3.29. The van der Waals surface area contributed by atoms with Gasteiger partial charge in [0.2, 0.25) is 11.8 Å². The summed E-state index contributed by atoms with van der Waals surface area (Å²) >= 11 is 0. The van der Waals surface area contributed by atoms with Crippen molar-refractivity contribution in [3.05, 3.63) is 40.9 Å². The van der Waals surface area contributed by atoms with E-state index in [1.54, 1.807) is 26.0 Å². The number of nitrogens with one attached hydrogen (secondary N) is 1. The molecule has 1 N–H and O–H groups in total. The van der Waals surface area contributed by atoms with Gasteiger partial charge in [-0.15, -0.1) is 0 Å². The van der Waals surface area contributed by atoms with Crippen LogP contribution in [0.25, 0.3) is 0 Å². The van der Waals surface area contributed by atoms with Gasteiger partial charge in [0.25, 0.3) is 5.91 Å². The topological polar surface area (TPSA) is 123 Å². The molecule has 3 rings (SSSR count). The Morgan fingerprint density at radius 3 is 2.83 bits per heavy atom. The molecule has 1 atom stereocenters. The average molecular weight is 329 g/mol. The molecular weight excluding hydrogens is 314 g/mol. The largest absolute Gasteiger partial charge is 0.361 e. The minimum atomic E-state index is -0.648. The number of allylic oxidation sites excluding steroid dienone is 1. The lowest BCUT2D eigenvalue weighted by molar-refractivity contribution is -0.121. The summed E-state index contributed by atoms with van der Waals surface area (Å²) in [6.45, 7) is 3.60. The van der Waals surface area contributed by atoms with Crippen LogP contribution < -0.4 is 5.32 Å². The van der Waals surface area contributed by atoms with Crippen LogP contribution in [0, 0.1) is 13.8 Å². The summed E-state index contributed by atoms with van der Waals surface area (Å²) in [4.78, 5) is 31.4. The molecule has 2 amide bonds. The first kappa shape index (κ1) is 15.8. The Labute approximate surface area is 136 Å². The van der Waals surface area contributed by atoms with Crippen LogP contribution in [0.15, 0.2) is 26.2 Å². The van der Waals surface area contributed by atoms with Gasteiger partial charge in [-0.05, 0) is 19.9 Å². The van der Waals surface area contributed by atoms with Gasteiger partial charge in [-0.25, -0.2) is 4.99 Å². The smallest absolute Gasteiger partial charge is 0.260 e. The van der Waals surface area contributed by atoms with Crippen molar-refractivity contribution < 1.29 is 18.6 Å². The lowest BCUT2D eigenvalue weighted by Gasteiger charge is -2.04. The molecule has 0 saturated carbocycles. The third-order valence-corrected chi connectivity index (χ3v) is 3.57. The van der Waals surface area contributed by atoms with Crippen molar-refractivity contribution in [2.75, 3.05) is 0 Å². The normalized spacial score (nSPS) is 16.6. The van der Waals surface area contributed by atoms with E-state index in [1.165, 1.54) is 6.21 Å². The lowest BCUT2D eigenvalue weighted by Crippen LogP contribution is -2.25. The maximum Gasteiger partial charge on any atom is 0.260 e. The highest BCUT2D eigenvalue weighted by Crippen LogP contribution is 2.18. The van der Waals surface area contributed by atoms with Gasteiger partial charge in [-0.2, -0.15) is 4.98 Å². The Bertz CT molecular complexity index is 813. The highest BCUT2D eigenvalue weighted by Gasteiger charge is 2.24. The van der Waals surface area contributed by atoms with Gasteiger partial charge in [0.15, 0.2) is 5.82 Å². The first-order valence-corrected chi connectivity index (χ1v) is 7.30. The standard InChI is InChI=1S/C15H15N5O4/c1-8-11(9(2)23-19-8)6-12(21)17-7-13-18-14(20-24-13)10-4-3-5-16-15(10)22/h3-5,10H,6-7H2,1-2H3,(H,17,21). The Hall–Kier alpha value is -3.10. The number of carbonyl (C=O) groups is 2. The first-order chi connectivity index (χ1) is 11.5. The van der Waals surface area contributed by atoms with Gasteiger partial charge >= 0.3 is 0 Å². The zero-order valence-corrected chi connectivity index (χ0v) is 13.1. The quantitative estimate of drug-likeness (QED) is 0.859. The molecule has 0 aromatic carbocycles. The summed E-state index contributed by atoms with van der Waals surface area (Å²) in [5.74, 6) is -0.165. The highest BCUT2D eigenvalue weighted by atomic mass is 16.5. The minimum Gasteiger partial charge on any atom is -0.361 e. The second-order valence-corrected chi connectivity index (χ2v) is 5.28. The van der Waals surface area contributed by atoms with Crippen LogP contribution in [0.1, 0.15) is 34.7 Å². The molecule has 2 aromatic heterocycles. The van der Waals surface area contributed by atoms with Gasteiger partial charge in [0.1, 0.15) is 11.7 Å². The van der Waals surface area contributed by atoms with Crippen molar-refractivity contribution in [3.63, 3.8) is 0 Å². The average Bonchev–Trinajstić information content (AvgIpc) is 3.15. The summed E-state index contributed by atoms with van der Waals surface area (Å²) in [7, 11) is 0. The number of dihydropyridines is 1.